The monoisotopic (exact) mass is 450 g/mol. The van der Waals surface area contributed by atoms with Crippen molar-refractivity contribution >= 4 is 17.6 Å². The molecule has 7 nitrogen and oxygen atoms in total. The molecule has 0 unspecified atom stereocenters. The molecule has 33 heavy (non-hydrogen) atoms. The van der Waals surface area contributed by atoms with E-state index in [1.165, 1.54) is 0 Å². The number of benzene rings is 1. The smallest absolute Gasteiger partial charge is 0.322 e. The van der Waals surface area contributed by atoms with E-state index in [1.807, 2.05) is 74.1 Å². The number of aromatic nitrogens is 1. The first kappa shape index (κ1) is 24.2. The summed E-state index contributed by atoms with van der Waals surface area (Å²) >= 11 is 0. The van der Waals surface area contributed by atoms with Gasteiger partial charge in [0.15, 0.2) is 0 Å². The van der Waals surface area contributed by atoms with Gasteiger partial charge < -0.3 is 24.1 Å². The van der Waals surface area contributed by atoms with E-state index in [4.69, 9.17) is 4.42 Å². The van der Waals surface area contributed by atoms with Crippen LogP contribution >= 0.6 is 0 Å². The van der Waals surface area contributed by atoms with Crippen LogP contribution in [0.3, 0.4) is 0 Å². The number of aryl methyl sites for hydroxylation is 2. The number of nitrogens with zero attached hydrogens (tertiary/aromatic N) is 3. The van der Waals surface area contributed by atoms with Gasteiger partial charge in [-0.2, -0.15) is 0 Å². The summed E-state index contributed by atoms with van der Waals surface area (Å²) in [6.45, 7) is 7.36. The molecule has 0 aliphatic rings. The van der Waals surface area contributed by atoms with E-state index < -0.39 is 0 Å². The predicted molar refractivity (Wildman–Crippen MR) is 130 cm³/mol. The number of amides is 3. The maximum absolute atomic E-state index is 13.4. The van der Waals surface area contributed by atoms with Gasteiger partial charge in [-0.25, -0.2) is 4.79 Å². The van der Waals surface area contributed by atoms with Crippen molar-refractivity contribution in [1.82, 2.24) is 14.4 Å². The number of furan rings is 1. The number of hydrogen-bond acceptors (Lipinski definition) is 3. The first-order valence-electron chi connectivity index (χ1n) is 11.4. The molecule has 3 rings (SSSR count). The average molecular weight is 451 g/mol. The quantitative estimate of drug-likeness (QED) is 0.467. The molecule has 0 spiro atoms. The van der Waals surface area contributed by atoms with E-state index in [9.17, 15) is 9.59 Å². The van der Waals surface area contributed by atoms with Gasteiger partial charge in [-0.15, -0.1) is 0 Å². The Morgan fingerprint density at radius 1 is 1.03 bits per heavy atom. The topological polar surface area (TPSA) is 70.7 Å². The maximum atomic E-state index is 13.4. The molecule has 0 saturated carbocycles. The zero-order chi connectivity index (χ0) is 23.8. The Labute approximate surface area is 196 Å². The Morgan fingerprint density at radius 2 is 1.85 bits per heavy atom. The highest BCUT2D eigenvalue weighted by molar-refractivity contribution is 5.93. The van der Waals surface area contributed by atoms with Crippen LogP contribution in [0.25, 0.3) is 0 Å². The normalized spacial score (nSPS) is 10.8. The van der Waals surface area contributed by atoms with Crippen molar-refractivity contribution < 1.29 is 14.0 Å². The Bertz CT molecular complexity index is 1060. The van der Waals surface area contributed by atoms with Gasteiger partial charge in [-0.3, -0.25) is 4.79 Å². The molecular weight excluding hydrogens is 416 g/mol. The van der Waals surface area contributed by atoms with Gasteiger partial charge in [0.05, 0.1) is 19.4 Å². The molecule has 176 valence electrons. The lowest BCUT2D eigenvalue weighted by atomic mass is 10.1. The fraction of sp³-hybridized carbons (Fsp3) is 0.385. The van der Waals surface area contributed by atoms with Gasteiger partial charge in [0.2, 0.25) is 5.91 Å². The summed E-state index contributed by atoms with van der Waals surface area (Å²) in [5.74, 6) is 0.581. The lowest BCUT2D eigenvalue weighted by Gasteiger charge is -2.28. The average Bonchev–Trinajstić information content (AvgIpc) is 3.45. The van der Waals surface area contributed by atoms with Crippen LogP contribution < -0.4 is 5.32 Å². The van der Waals surface area contributed by atoms with Gasteiger partial charge in [0, 0.05) is 31.2 Å². The van der Waals surface area contributed by atoms with Crippen molar-refractivity contribution in [3.05, 3.63) is 77.5 Å². The van der Waals surface area contributed by atoms with Crippen molar-refractivity contribution in [2.24, 2.45) is 7.05 Å². The second-order valence-electron chi connectivity index (χ2n) is 8.39. The molecule has 1 N–H and O–H groups in total. The van der Waals surface area contributed by atoms with Crippen LogP contribution in [-0.4, -0.2) is 39.4 Å². The molecule has 0 bridgehead atoms. The van der Waals surface area contributed by atoms with Crippen LogP contribution in [0.15, 0.2) is 59.3 Å². The predicted octanol–water partition coefficient (Wildman–Crippen LogP) is 5.10. The molecule has 3 amide bonds. The summed E-state index contributed by atoms with van der Waals surface area (Å²) < 4.78 is 7.48. The third kappa shape index (κ3) is 6.51. The van der Waals surface area contributed by atoms with Crippen molar-refractivity contribution in [2.45, 2.75) is 46.7 Å². The van der Waals surface area contributed by atoms with Crippen molar-refractivity contribution in [3.63, 3.8) is 0 Å². The number of carbonyl (C=O) groups is 2. The molecule has 2 aromatic heterocycles. The zero-order valence-electron chi connectivity index (χ0n) is 20.0. The standard InChI is InChI=1S/C26H34N4O3/c1-5-6-15-29(26(32)27-24-13-7-10-20(2)21(24)3)19-25(31)30(18-23-12-9-16-33-23)17-22-11-8-14-28(22)4/h7-14,16H,5-6,15,17-19H2,1-4H3,(H,27,32). The highest BCUT2D eigenvalue weighted by Crippen LogP contribution is 2.19. The summed E-state index contributed by atoms with van der Waals surface area (Å²) in [6, 6.07) is 13.2. The molecule has 0 aliphatic carbocycles. The molecule has 0 radical (unpaired) electrons. The minimum atomic E-state index is -0.262. The number of rotatable bonds is 10. The van der Waals surface area contributed by atoms with Crippen LogP contribution in [-0.2, 0) is 24.9 Å². The van der Waals surface area contributed by atoms with E-state index in [1.54, 1.807) is 16.1 Å². The Morgan fingerprint density at radius 3 is 2.52 bits per heavy atom. The minimum Gasteiger partial charge on any atom is -0.467 e. The molecule has 7 heteroatoms. The summed E-state index contributed by atoms with van der Waals surface area (Å²) in [5.41, 5.74) is 3.91. The van der Waals surface area contributed by atoms with E-state index in [0.29, 0.717) is 25.4 Å². The summed E-state index contributed by atoms with van der Waals surface area (Å²) in [7, 11) is 1.95. The SMILES string of the molecule is CCCCN(CC(=O)N(Cc1ccco1)Cc1cccn1C)C(=O)Nc1cccc(C)c1C. The van der Waals surface area contributed by atoms with Gasteiger partial charge in [0.1, 0.15) is 12.3 Å². The molecule has 1 aromatic carbocycles. The summed E-state index contributed by atoms with van der Waals surface area (Å²) in [5, 5.41) is 3.00. The van der Waals surface area contributed by atoms with E-state index in [0.717, 1.165) is 35.3 Å². The third-order valence-electron chi connectivity index (χ3n) is 5.92. The van der Waals surface area contributed by atoms with Gasteiger partial charge in [-0.05, 0) is 61.7 Å². The summed E-state index contributed by atoms with van der Waals surface area (Å²) in [6.07, 6.45) is 5.31. The molecule has 0 fully saturated rings. The molecule has 2 heterocycles. The maximum Gasteiger partial charge on any atom is 0.322 e. The van der Waals surface area contributed by atoms with Gasteiger partial charge in [0.25, 0.3) is 0 Å². The van der Waals surface area contributed by atoms with Crippen molar-refractivity contribution in [3.8, 4) is 0 Å². The second kappa shape index (κ2) is 11.4. The molecule has 0 saturated heterocycles. The number of anilines is 1. The first-order chi connectivity index (χ1) is 15.9. The first-order valence-corrected chi connectivity index (χ1v) is 11.4. The number of urea groups is 1. The minimum absolute atomic E-state index is 0.00181. The zero-order valence-corrected chi connectivity index (χ0v) is 20.0. The molecule has 0 atom stereocenters. The van der Waals surface area contributed by atoms with E-state index >= 15 is 0 Å². The van der Waals surface area contributed by atoms with Crippen molar-refractivity contribution in [2.75, 3.05) is 18.4 Å². The van der Waals surface area contributed by atoms with E-state index in [-0.39, 0.29) is 18.5 Å². The van der Waals surface area contributed by atoms with Crippen LogP contribution in [0.1, 0.15) is 42.3 Å². The molecular formula is C26H34N4O3. The van der Waals surface area contributed by atoms with Crippen LogP contribution in [0.2, 0.25) is 0 Å². The fourth-order valence-corrected chi connectivity index (χ4v) is 3.62. The highest BCUT2D eigenvalue weighted by atomic mass is 16.3. The number of unbranched alkanes of at least 4 members (excludes halogenated alkanes) is 1. The highest BCUT2D eigenvalue weighted by Gasteiger charge is 2.23. The number of hydrogen-bond donors (Lipinski definition) is 1. The van der Waals surface area contributed by atoms with Crippen LogP contribution in [0.4, 0.5) is 10.5 Å². The van der Waals surface area contributed by atoms with Crippen molar-refractivity contribution in [1.29, 1.82) is 0 Å². The largest absolute Gasteiger partial charge is 0.467 e. The second-order valence-corrected chi connectivity index (χ2v) is 8.39. The fourth-order valence-electron chi connectivity index (χ4n) is 3.62. The Balaban J connectivity index is 1.76. The Kier molecular flexibility index (Phi) is 8.35. The summed E-state index contributed by atoms with van der Waals surface area (Å²) in [4.78, 5) is 29.9. The van der Waals surface area contributed by atoms with Crippen LogP contribution in [0.5, 0.6) is 0 Å². The lowest BCUT2D eigenvalue weighted by Crippen LogP contribution is -2.44. The van der Waals surface area contributed by atoms with Gasteiger partial charge >= 0.3 is 6.03 Å². The Hall–Kier alpha value is -3.48. The third-order valence-corrected chi connectivity index (χ3v) is 5.92. The molecule has 3 aromatic rings. The van der Waals surface area contributed by atoms with E-state index in [2.05, 4.69) is 12.2 Å². The molecule has 0 aliphatic heterocycles. The lowest BCUT2D eigenvalue weighted by molar-refractivity contribution is -0.133. The number of carbonyl (C=O) groups excluding carboxylic acids is 2. The number of nitrogens with one attached hydrogen (secondary N) is 1. The van der Waals surface area contributed by atoms with Crippen LogP contribution in [0, 0.1) is 13.8 Å². The van der Waals surface area contributed by atoms with Gasteiger partial charge in [-0.1, -0.05) is 25.5 Å².